The Hall–Kier alpha value is -1.89. The van der Waals surface area contributed by atoms with E-state index >= 15 is 0 Å². The molecule has 2 rings (SSSR count). The fourth-order valence-electron chi connectivity index (χ4n) is 1.35. The van der Waals surface area contributed by atoms with Crippen molar-refractivity contribution in [2.75, 3.05) is 0 Å². The smallest absolute Gasteiger partial charge is 0.256 e. The predicted octanol–water partition coefficient (Wildman–Crippen LogP) is 1.24. The van der Waals surface area contributed by atoms with Crippen molar-refractivity contribution >= 4 is 10.0 Å². The zero-order chi connectivity index (χ0) is 13.3. The maximum atomic E-state index is 11.9. The number of nitrogens with zero attached hydrogens (tertiary/aromatic N) is 3. The van der Waals surface area contributed by atoms with Crippen molar-refractivity contribution in [1.82, 2.24) is 14.2 Å². The molecule has 0 atom stereocenters. The first kappa shape index (κ1) is 12.6. The molecule has 0 radical (unpaired) electrons. The first-order valence-corrected chi connectivity index (χ1v) is 6.86. The van der Waals surface area contributed by atoms with Gasteiger partial charge in [0.05, 0.1) is 29.5 Å². The lowest BCUT2D eigenvalue weighted by atomic mass is 10.2. The molecule has 0 saturated heterocycles. The van der Waals surface area contributed by atoms with Gasteiger partial charge in [0.1, 0.15) is 5.75 Å². The van der Waals surface area contributed by atoms with Gasteiger partial charge < -0.3 is 5.11 Å². The quantitative estimate of drug-likeness (QED) is 0.904. The molecule has 2 aromatic heterocycles. The van der Waals surface area contributed by atoms with Crippen molar-refractivity contribution in [3.63, 3.8) is 0 Å². The molecule has 6 nitrogen and oxygen atoms in total. The molecule has 0 unspecified atom stereocenters. The van der Waals surface area contributed by atoms with E-state index in [1.54, 1.807) is 19.9 Å². The van der Waals surface area contributed by atoms with Gasteiger partial charge >= 0.3 is 0 Å². The van der Waals surface area contributed by atoms with E-state index in [1.807, 2.05) is 0 Å². The van der Waals surface area contributed by atoms with Crippen LogP contribution in [0.3, 0.4) is 0 Å². The summed E-state index contributed by atoms with van der Waals surface area (Å²) in [6.07, 6.45) is 4.14. The van der Waals surface area contributed by atoms with Gasteiger partial charge in [0, 0.05) is 5.56 Å². The van der Waals surface area contributed by atoms with Crippen LogP contribution in [0.2, 0.25) is 0 Å². The molecule has 18 heavy (non-hydrogen) atoms. The molecule has 0 aliphatic carbocycles. The summed E-state index contributed by atoms with van der Waals surface area (Å²) in [6, 6.07) is 3.08. The first-order chi connectivity index (χ1) is 8.41. The Labute approximate surface area is 105 Å². The molecule has 0 aromatic carbocycles. The monoisotopic (exact) mass is 267 g/mol. The largest absolute Gasteiger partial charge is 0.506 e. The number of aromatic nitrogens is 3. The minimum atomic E-state index is -3.44. The molecule has 0 aliphatic heterocycles. The summed E-state index contributed by atoms with van der Waals surface area (Å²) in [6.45, 7) is 3.19. The molecule has 96 valence electrons. The lowest BCUT2D eigenvalue weighted by Crippen LogP contribution is -2.22. The summed E-state index contributed by atoms with van der Waals surface area (Å²) in [7, 11) is -3.44. The lowest BCUT2D eigenvalue weighted by Gasteiger charge is -2.06. The Kier molecular flexibility index (Phi) is 3.08. The Balaban J connectivity index is 2.40. The van der Waals surface area contributed by atoms with E-state index in [-0.39, 0.29) is 5.75 Å². The van der Waals surface area contributed by atoms with Crippen LogP contribution in [0.5, 0.6) is 5.75 Å². The molecule has 0 spiro atoms. The number of hydrogen-bond donors (Lipinski definition) is 1. The highest BCUT2D eigenvalue weighted by Crippen LogP contribution is 2.19. The van der Waals surface area contributed by atoms with Gasteiger partial charge in [-0.1, -0.05) is 0 Å². The van der Waals surface area contributed by atoms with Gasteiger partial charge in [-0.15, -0.1) is 0 Å². The van der Waals surface area contributed by atoms with Gasteiger partial charge in [0.2, 0.25) is 0 Å². The molecular weight excluding hydrogens is 254 g/mol. The minimum absolute atomic E-state index is 0.0564. The summed E-state index contributed by atoms with van der Waals surface area (Å²) in [4.78, 5) is 3.99. The fraction of sp³-hybridized carbons (Fsp3) is 0.273. The molecule has 0 saturated carbocycles. The third-order valence-corrected chi connectivity index (χ3v) is 4.37. The van der Waals surface area contributed by atoms with Crippen LogP contribution in [0, 0.1) is 0 Å². The molecular formula is C11H13N3O3S. The van der Waals surface area contributed by atoms with Gasteiger partial charge in [0.25, 0.3) is 10.0 Å². The first-order valence-electron chi connectivity index (χ1n) is 5.35. The van der Waals surface area contributed by atoms with Gasteiger partial charge in [-0.05, 0) is 26.0 Å². The van der Waals surface area contributed by atoms with Crippen LogP contribution >= 0.6 is 0 Å². The van der Waals surface area contributed by atoms with Crippen molar-refractivity contribution < 1.29 is 13.5 Å². The van der Waals surface area contributed by atoms with E-state index in [9.17, 15) is 8.42 Å². The van der Waals surface area contributed by atoms with E-state index in [0.29, 0.717) is 11.3 Å². The maximum Gasteiger partial charge on any atom is 0.256 e. The minimum Gasteiger partial charge on any atom is -0.506 e. The second-order valence-corrected chi connectivity index (χ2v) is 6.44. The summed E-state index contributed by atoms with van der Waals surface area (Å²) in [5.74, 6) is 0.0564. The van der Waals surface area contributed by atoms with Crippen LogP contribution in [-0.2, 0) is 10.0 Å². The second-order valence-electron chi connectivity index (χ2n) is 4.10. The SMILES string of the molecule is CC(C)S(=O)(=O)n1cc(-c2ccc(O)cn2)cn1. The topological polar surface area (TPSA) is 85.1 Å². The number of hydrogen-bond acceptors (Lipinski definition) is 5. The van der Waals surface area contributed by atoms with Gasteiger partial charge in [0.15, 0.2) is 0 Å². The average molecular weight is 267 g/mol. The van der Waals surface area contributed by atoms with Crippen molar-refractivity contribution in [2.45, 2.75) is 19.1 Å². The van der Waals surface area contributed by atoms with Crippen LogP contribution in [0.25, 0.3) is 11.3 Å². The normalized spacial score (nSPS) is 11.9. The lowest BCUT2D eigenvalue weighted by molar-refractivity contribution is 0.473. The van der Waals surface area contributed by atoms with Crippen LogP contribution in [0.1, 0.15) is 13.8 Å². The van der Waals surface area contributed by atoms with E-state index in [1.165, 1.54) is 24.7 Å². The molecule has 0 bridgehead atoms. The molecule has 0 fully saturated rings. The Morgan fingerprint density at radius 1 is 1.28 bits per heavy atom. The van der Waals surface area contributed by atoms with Crippen LogP contribution in [0.4, 0.5) is 0 Å². The van der Waals surface area contributed by atoms with Gasteiger partial charge in [-0.3, -0.25) is 4.98 Å². The average Bonchev–Trinajstić information content (AvgIpc) is 2.79. The van der Waals surface area contributed by atoms with Crippen molar-refractivity contribution in [3.05, 3.63) is 30.7 Å². The molecule has 0 amide bonds. The summed E-state index contributed by atoms with van der Waals surface area (Å²) in [5, 5.41) is 12.4. The highest BCUT2D eigenvalue weighted by atomic mass is 32.2. The number of aromatic hydroxyl groups is 1. The summed E-state index contributed by atoms with van der Waals surface area (Å²) >= 11 is 0. The molecule has 0 aliphatic rings. The van der Waals surface area contributed by atoms with E-state index in [4.69, 9.17) is 5.11 Å². The van der Waals surface area contributed by atoms with Crippen LogP contribution < -0.4 is 0 Å². The third-order valence-electron chi connectivity index (χ3n) is 2.46. The van der Waals surface area contributed by atoms with Gasteiger partial charge in [-0.25, -0.2) is 8.42 Å². The van der Waals surface area contributed by atoms with Crippen LogP contribution in [-0.4, -0.2) is 32.9 Å². The predicted molar refractivity (Wildman–Crippen MR) is 66.6 cm³/mol. The standard InChI is InChI=1S/C11H13N3O3S/c1-8(2)18(16,17)14-7-9(5-13-14)11-4-3-10(15)6-12-11/h3-8,15H,1-2H3. The molecule has 2 aromatic rings. The van der Waals surface area contributed by atoms with E-state index in [0.717, 1.165) is 4.09 Å². The highest BCUT2D eigenvalue weighted by Gasteiger charge is 2.19. The van der Waals surface area contributed by atoms with E-state index in [2.05, 4.69) is 10.1 Å². The number of pyridine rings is 1. The van der Waals surface area contributed by atoms with Crippen molar-refractivity contribution in [1.29, 1.82) is 0 Å². The Morgan fingerprint density at radius 3 is 2.56 bits per heavy atom. The van der Waals surface area contributed by atoms with Crippen molar-refractivity contribution in [3.8, 4) is 17.0 Å². The summed E-state index contributed by atoms with van der Waals surface area (Å²) < 4.78 is 24.7. The van der Waals surface area contributed by atoms with Crippen molar-refractivity contribution in [2.24, 2.45) is 0 Å². The highest BCUT2D eigenvalue weighted by molar-refractivity contribution is 7.90. The van der Waals surface area contributed by atoms with E-state index < -0.39 is 15.3 Å². The zero-order valence-corrected chi connectivity index (χ0v) is 10.8. The maximum absolute atomic E-state index is 11.9. The van der Waals surface area contributed by atoms with Crippen LogP contribution in [0.15, 0.2) is 30.7 Å². The fourth-order valence-corrected chi connectivity index (χ4v) is 2.22. The van der Waals surface area contributed by atoms with Gasteiger partial charge in [-0.2, -0.15) is 9.19 Å². The third kappa shape index (κ3) is 2.21. The molecule has 1 N–H and O–H groups in total. The zero-order valence-electron chi connectivity index (χ0n) is 9.98. The Bertz CT molecular complexity index is 644. The molecule has 2 heterocycles. The molecule has 7 heteroatoms. The number of rotatable bonds is 3. The summed E-state index contributed by atoms with van der Waals surface area (Å²) in [5.41, 5.74) is 1.14. The second kappa shape index (κ2) is 4.41. The Morgan fingerprint density at radius 2 is 2.00 bits per heavy atom.